The number of methoxy groups -OCH3 is 1. The predicted molar refractivity (Wildman–Crippen MR) is 129 cm³/mol. The second kappa shape index (κ2) is 8.94. The molecule has 0 fully saturated rings. The highest BCUT2D eigenvalue weighted by Crippen LogP contribution is 2.33. The molecule has 1 aromatic heterocycles. The molecule has 0 aliphatic heterocycles. The van der Waals surface area contributed by atoms with Gasteiger partial charge in [0.25, 0.3) is 5.56 Å². The van der Waals surface area contributed by atoms with E-state index < -0.39 is 0 Å². The molecule has 0 bridgehead atoms. The van der Waals surface area contributed by atoms with Crippen LogP contribution in [0.3, 0.4) is 0 Å². The number of fused-ring (bicyclic) bond motifs is 1. The van der Waals surface area contributed by atoms with Gasteiger partial charge in [0, 0.05) is 29.9 Å². The second-order valence-electron chi connectivity index (χ2n) is 7.59. The topological polar surface area (TPSA) is 60.3 Å². The van der Waals surface area contributed by atoms with Gasteiger partial charge < -0.3 is 14.6 Å². The summed E-state index contributed by atoms with van der Waals surface area (Å²) in [6.45, 7) is 3.53. The predicted octanol–water partition coefficient (Wildman–Crippen LogP) is 4.93. The molecule has 1 heterocycles. The molecule has 160 valence electrons. The van der Waals surface area contributed by atoms with Crippen LogP contribution in [-0.4, -0.2) is 17.6 Å². The van der Waals surface area contributed by atoms with Crippen molar-refractivity contribution in [2.24, 2.45) is 7.05 Å². The van der Waals surface area contributed by atoms with Crippen LogP contribution in [0.2, 0.25) is 0 Å². The third-order valence-electron chi connectivity index (χ3n) is 5.50. The molecule has 4 rings (SSSR count). The Morgan fingerprint density at radius 2 is 1.75 bits per heavy atom. The van der Waals surface area contributed by atoms with E-state index in [2.05, 4.69) is 11.9 Å². The summed E-state index contributed by atoms with van der Waals surface area (Å²) in [7, 11) is 3.40. The van der Waals surface area contributed by atoms with Gasteiger partial charge in [0.2, 0.25) is 5.91 Å². The molecule has 0 atom stereocenters. The Balaban J connectivity index is 1.90. The molecule has 0 saturated carbocycles. The number of ether oxygens (including phenoxy) is 1. The van der Waals surface area contributed by atoms with Crippen molar-refractivity contribution >= 4 is 22.4 Å². The SMILES string of the molecule is C=CC(=O)Nc1ccc(Cc2ccc(OC)cc2)c(-c2cn(C)c(=O)c3ccccc23)c1. The average Bonchev–Trinajstić information content (AvgIpc) is 2.83. The Bertz CT molecular complexity index is 1370. The van der Waals surface area contributed by atoms with Crippen molar-refractivity contribution in [3.8, 4) is 16.9 Å². The number of aryl methyl sites for hydroxylation is 1. The Hall–Kier alpha value is -4.12. The van der Waals surface area contributed by atoms with Gasteiger partial charge in [-0.2, -0.15) is 0 Å². The fourth-order valence-corrected chi connectivity index (χ4v) is 3.85. The minimum absolute atomic E-state index is 0.0443. The molecular formula is C27H24N2O3. The molecule has 0 aliphatic carbocycles. The molecule has 32 heavy (non-hydrogen) atoms. The van der Waals surface area contributed by atoms with Gasteiger partial charge in [-0.05, 0) is 64.9 Å². The van der Waals surface area contributed by atoms with E-state index in [1.807, 2.05) is 72.9 Å². The van der Waals surface area contributed by atoms with Gasteiger partial charge in [0.05, 0.1) is 7.11 Å². The minimum Gasteiger partial charge on any atom is -0.497 e. The quantitative estimate of drug-likeness (QED) is 0.447. The Labute approximate surface area is 186 Å². The summed E-state index contributed by atoms with van der Waals surface area (Å²) in [4.78, 5) is 24.6. The molecule has 5 heteroatoms. The highest BCUT2D eigenvalue weighted by atomic mass is 16.5. The molecule has 1 N–H and O–H groups in total. The Morgan fingerprint density at radius 1 is 1.03 bits per heavy atom. The van der Waals surface area contributed by atoms with Gasteiger partial charge in [-0.1, -0.05) is 43.0 Å². The van der Waals surface area contributed by atoms with Crippen LogP contribution >= 0.6 is 0 Å². The number of carbonyl (C=O) groups excluding carboxylic acids is 1. The largest absolute Gasteiger partial charge is 0.497 e. The lowest BCUT2D eigenvalue weighted by atomic mass is 9.92. The first-order chi connectivity index (χ1) is 15.5. The van der Waals surface area contributed by atoms with Gasteiger partial charge >= 0.3 is 0 Å². The number of anilines is 1. The van der Waals surface area contributed by atoms with Crippen molar-refractivity contribution in [3.63, 3.8) is 0 Å². The number of aromatic nitrogens is 1. The molecule has 0 radical (unpaired) electrons. The molecule has 1 amide bonds. The van der Waals surface area contributed by atoms with E-state index in [9.17, 15) is 9.59 Å². The second-order valence-corrected chi connectivity index (χ2v) is 7.59. The maximum absolute atomic E-state index is 12.7. The summed E-state index contributed by atoms with van der Waals surface area (Å²) in [6.07, 6.45) is 3.79. The molecular weight excluding hydrogens is 400 g/mol. The maximum Gasteiger partial charge on any atom is 0.258 e. The number of carbonyl (C=O) groups is 1. The fraction of sp³-hybridized carbons (Fsp3) is 0.111. The number of nitrogens with zero attached hydrogens (tertiary/aromatic N) is 1. The molecule has 0 spiro atoms. The summed E-state index contributed by atoms with van der Waals surface area (Å²) in [5, 5.41) is 4.37. The van der Waals surface area contributed by atoms with Crippen LogP contribution in [0.15, 0.2) is 90.4 Å². The monoisotopic (exact) mass is 424 g/mol. The van der Waals surface area contributed by atoms with Gasteiger partial charge in [-0.15, -0.1) is 0 Å². The lowest BCUT2D eigenvalue weighted by Gasteiger charge is -2.16. The Kier molecular flexibility index (Phi) is 5.90. The number of hydrogen-bond acceptors (Lipinski definition) is 3. The van der Waals surface area contributed by atoms with Crippen LogP contribution in [-0.2, 0) is 18.3 Å². The number of hydrogen-bond donors (Lipinski definition) is 1. The molecule has 5 nitrogen and oxygen atoms in total. The zero-order valence-corrected chi connectivity index (χ0v) is 18.1. The van der Waals surface area contributed by atoms with Crippen LogP contribution in [0.5, 0.6) is 5.75 Å². The van der Waals surface area contributed by atoms with E-state index in [4.69, 9.17) is 4.74 Å². The van der Waals surface area contributed by atoms with Crippen LogP contribution in [0.25, 0.3) is 21.9 Å². The highest BCUT2D eigenvalue weighted by molar-refractivity contribution is 6.01. The van der Waals surface area contributed by atoms with Crippen molar-refractivity contribution in [1.29, 1.82) is 0 Å². The summed E-state index contributed by atoms with van der Waals surface area (Å²) in [5.41, 5.74) is 4.72. The standard InChI is InChI=1S/C27H24N2O3/c1-4-26(30)28-20-12-11-19(15-18-9-13-21(32-3)14-10-18)24(16-20)25-17-29(2)27(31)23-8-6-5-7-22(23)25/h4-14,16-17H,1,15H2,2-3H3,(H,28,30). The van der Waals surface area contributed by atoms with E-state index in [-0.39, 0.29) is 11.5 Å². The normalized spacial score (nSPS) is 10.7. The number of benzene rings is 3. The Morgan fingerprint density at radius 3 is 2.44 bits per heavy atom. The molecule has 4 aromatic rings. The number of rotatable bonds is 6. The first kappa shape index (κ1) is 21.1. The van der Waals surface area contributed by atoms with Crippen LogP contribution in [0, 0.1) is 0 Å². The summed E-state index contributed by atoms with van der Waals surface area (Å²) >= 11 is 0. The van der Waals surface area contributed by atoms with Crippen LogP contribution in [0.1, 0.15) is 11.1 Å². The number of nitrogens with one attached hydrogen (secondary N) is 1. The minimum atomic E-state index is -0.274. The van der Waals surface area contributed by atoms with E-state index >= 15 is 0 Å². The van der Waals surface area contributed by atoms with Crippen molar-refractivity contribution in [2.75, 3.05) is 12.4 Å². The molecule has 0 unspecified atom stereocenters. The van der Waals surface area contributed by atoms with Crippen molar-refractivity contribution in [2.45, 2.75) is 6.42 Å². The van der Waals surface area contributed by atoms with Gasteiger partial charge in [0.15, 0.2) is 0 Å². The van der Waals surface area contributed by atoms with Crippen LogP contribution < -0.4 is 15.6 Å². The maximum atomic E-state index is 12.7. The molecule has 3 aromatic carbocycles. The zero-order valence-electron chi connectivity index (χ0n) is 18.1. The van der Waals surface area contributed by atoms with Gasteiger partial charge in [-0.3, -0.25) is 9.59 Å². The highest BCUT2D eigenvalue weighted by Gasteiger charge is 2.14. The van der Waals surface area contributed by atoms with Crippen LogP contribution in [0.4, 0.5) is 5.69 Å². The fourth-order valence-electron chi connectivity index (χ4n) is 3.85. The third kappa shape index (κ3) is 4.18. The zero-order chi connectivity index (χ0) is 22.7. The van der Waals surface area contributed by atoms with Gasteiger partial charge in [0.1, 0.15) is 5.75 Å². The van der Waals surface area contributed by atoms with Crippen molar-refractivity contribution in [3.05, 3.63) is 107 Å². The van der Waals surface area contributed by atoms with E-state index in [0.29, 0.717) is 17.5 Å². The van der Waals surface area contributed by atoms with E-state index in [1.165, 1.54) is 6.08 Å². The molecule has 0 aliphatic rings. The third-order valence-corrected chi connectivity index (χ3v) is 5.50. The summed E-state index contributed by atoms with van der Waals surface area (Å²) in [6, 6.07) is 21.4. The first-order valence-electron chi connectivity index (χ1n) is 10.3. The summed E-state index contributed by atoms with van der Waals surface area (Å²) < 4.78 is 6.87. The van der Waals surface area contributed by atoms with E-state index in [0.717, 1.165) is 33.4 Å². The van der Waals surface area contributed by atoms with Crippen molar-refractivity contribution < 1.29 is 9.53 Å². The first-order valence-corrected chi connectivity index (χ1v) is 10.3. The summed E-state index contributed by atoms with van der Waals surface area (Å²) in [5.74, 6) is 0.532. The molecule has 0 saturated heterocycles. The van der Waals surface area contributed by atoms with E-state index in [1.54, 1.807) is 18.7 Å². The lowest BCUT2D eigenvalue weighted by molar-refractivity contribution is -0.111. The number of pyridine rings is 1. The lowest BCUT2D eigenvalue weighted by Crippen LogP contribution is -2.16. The van der Waals surface area contributed by atoms with Gasteiger partial charge in [-0.25, -0.2) is 0 Å². The smallest absolute Gasteiger partial charge is 0.258 e. The average molecular weight is 425 g/mol. The van der Waals surface area contributed by atoms with Crippen molar-refractivity contribution in [1.82, 2.24) is 4.57 Å². The number of amides is 1.